The fourth-order valence-electron chi connectivity index (χ4n) is 6.83. The molecule has 0 aromatic heterocycles. The Morgan fingerprint density at radius 1 is 0.442 bits per heavy atom. The molecule has 0 N–H and O–H groups in total. The monoisotopic (exact) mass is 716 g/mol. The highest BCUT2D eigenvalue weighted by Gasteiger charge is 2.35. The number of carbonyl (C=O) groups is 1. The van der Waals surface area contributed by atoms with Crippen LogP contribution in [0.15, 0.2) is 152 Å². The molecule has 0 radical (unpaired) electrons. The standard InChI is InChI=1S/C43H26O7P2/c1-26-35-22-29-12-2-4-14-31(29)24-39(35)48-51(45-26)46-37-20-18-27-10-6-8-16-33(27)41(37)42-34-17-9-7-11-28(34)19-21-38(42)47-52-49-40-25-32-15-5-3-13-30(32)23-36(40)43(44)50-52/h2-25H,1H2. The highest BCUT2D eigenvalue weighted by molar-refractivity contribution is 7.43. The van der Waals surface area contributed by atoms with Crippen LogP contribution in [0.4, 0.5) is 0 Å². The first kappa shape index (κ1) is 30.7. The van der Waals surface area contributed by atoms with Crippen molar-refractivity contribution in [2.75, 3.05) is 0 Å². The molecule has 52 heavy (non-hydrogen) atoms. The summed E-state index contributed by atoms with van der Waals surface area (Å²) in [6.07, 6.45) is 0. The quantitative estimate of drug-likeness (QED) is 0.164. The molecule has 7 nitrogen and oxygen atoms in total. The van der Waals surface area contributed by atoms with E-state index in [1.165, 1.54) is 0 Å². The fraction of sp³-hybridized carbons (Fsp3) is 0. The van der Waals surface area contributed by atoms with Gasteiger partial charge in [-0.15, -0.1) is 0 Å². The van der Waals surface area contributed by atoms with Crippen molar-refractivity contribution in [2.45, 2.75) is 0 Å². The Morgan fingerprint density at radius 3 is 1.40 bits per heavy atom. The third-order valence-electron chi connectivity index (χ3n) is 9.28. The van der Waals surface area contributed by atoms with E-state index in [1.54, 1.807) is 6.07 Å². The molecule has 250 valence electrons. The second kappa shape index (κ2) is 12.3. The molecule has 2 heterocycles. The minimum absolute atomic E-state index is 0.357. The van der Waals surface area contributed by atoms with Crippen LogP contribution >= 0.6 is 17.2 Å². The van der Waals surface area contributed by atoms with E-state index in [2.05, 4.69) is 6.58 Å². The molecular formula is C43H26O7P2. The van der Waals surface area contributed by atoms with Crippen molar-refractivity contribution in [3.63, 3.8) is 0 Å². The zero-order valence-electron chi connectivity index (χ0n) is 27.3. The Kier molecular flexibility index (Phi) is 7.24. The lowest BCUT2D eigenvalue weighted by molar-refractivity contribution is 0.0698. The van der Waals surface area contributed by atoms with Gasteiger partial charge in [0.2, 0.25) is 0 Å². The van der Waals surface area contributed by atoms with Crippen molar-refractivity contribution < 1.29 is 31.9 Å². The van der Waals surface area contributed by atoms with Gasteiger partial charge < -0.3 is 27.1 Å². The molecule has 10 rings (SSSR count). The van der Waals surface area contributed by atoms with Crippen molar-refractivity contribution in [1.29, 1.82) is 0 Å². The normalized spacial score (nSPS) is 16.4. The summed E-state index contributed by atoms with van der Waals surface area (Å²) in [6.45, 7) is 4.20. The van der Waals surface area contributed by atoms with Crippen LogP contribution in [-0.4, -0.2) is 5.97 Å². The summed E-state index contributed by atoms with van der Waals surface area (Å²) in [5, 5.41) is 7.78. The van der Waals surface area contributed by atoms with Gasteiger partial charge in [0, 0.05) is 11.1 Å². The van der Waals surface area contributed by atoms with Gasteiger partial charge in [-0.1, -0.05) is 116 Å². The van der Waals surface area contributed by atoms with E-state index in [-0.39, 0.29) is 0 Å². The molecule has 2 aliphatic rings. The van der Waals surface area contributed by atoms with E-state index in [1.807, 2.05) is 140 Å². The topological polar surface area (TPSA) is 72.5 Å². The SMILES string of the molecule is C=C1OP(Oc2ccc3ccccc3c2-c2c(OP3OC(=O)c4cc5ccccc5cc4O3)ccc3ccccc23)Oc2cc3ccccc3cc21. The Morgan fingerprint density at radius 2 is 0.865 bits per heavy atom. The second-order valence-electron chi connectivity index (χ2n) is 12.4. The molecule has 8 aromatic carbocycles. The summed E-state index contributed by atoms with van der Waals surface area (Å²) in [5.74, 6) is 2.01. The summed E-state index contributed by atoms with van der Waals surface area (Å²) >= 11 is 0. The smallest absolute Gasteiger partial charge is 0.408 e. The molecule has 2 aliphatic heterocycles. The van der Waals surface area contributed by atoms with E-state index in [0.717, 1.165) is 59.8 Å². The molecule has 0 saturated heterocycles. The first-order valence-corrected chi connectivity index (χ1v) is 18.8. The average molecular weight is 717 g/mol. The number of carbonyl (C=O) groups excluding carboxylic acids is 1. The lowest BCUT2D eigenvalue weighted by Gasteiger charge is -2.27. The van der Waals surface area contributed by atoms with Gasteiger partial charge in [0.05, 0.1) is 5.56 Å². The van der Waals surface area contributed by atoms with Gasteiger partial charge in [-0.05, 0) is 79.5 Å². The maximum absolute atomic E-state index is 13.3. The van der Waals surface area contributed by atoms with Gasteiger partial charge in [-0.2, -0.15) is 0 Å². The Balaban J connectivity index is 1.08. The average Bonchev–Trinajstić information content (AvgIpc) is 3.17. The molecule has 0 saturated carbocycles. The molecule has 0 amide bonds. The Bertz CT molecular complexity index is 2590. The molecule has 0 fully saturated rings. The van der Waals surface area contributed by atoms with Gasteiger partial charge >= 0.3 is 23.2 Å². The van der Waals surface area contributed by atoms with E-state index in [0.29, 0.717) is 34.3 Å². The van der Waals surface area contributed by atoms with Gasteiger partial charge in [-0.25, -0.2) is 4.79 Å². The maximum atomic E-state index is 13.3. The minimum Gasteiger partial charge on any atom is -0.408 e. The lowest BCUT2D eigenvalue weighted by atomic mass is 9.92. The highest BCUT2D eigenvalue weighted by atomic mass is 31.2. The fourth-order valence-corrected chi connectivity index (χ4v) is 8.81. The van der Waals surface area contributed by atoms with Crippen molar-refractivity contribution in [3.05, 3.63) is 163 Å². The summed E-state index contributed by atoms with van der Waals surface area (Å²) < 4.78 is 37.9. The van der Waals surface area contributed by atoms with E-state index >= 15 is 0 Å². The summed E-state index contributed by atoms with van der Waals surface area (Å²) in [6, 6.07) is 47.4. The van der Waals surface area contributed by atoms with Crippen LogP contribution in [0.2, 0.25) is 0 Å². The number of fused-ring (bicyclic) bond motifs is 6. The third kappa shape index (κ3) is 5.25. The molecule has 0 spiro atoms. The predicted molar refractivity (Wildman–Crippen MR) is 207 cm³/mol. The lowest BCUT2D eigenvalue weighted by Crippen LogP contribution is -2.14. The van der Waals surface area contributed by atoms with Crippen LogP contribution in [0.25, 0.3) is 60.0 Å². The van der Waals surface area contributed by atoms with Crippen LogP contribution < -0.4 is 18.1 Å². The Labute approximate surface area is 300 Å². The van der Waals surface area contributed by atoms with E-state index < -0.39 is 23.2 Å². The van der Waals surface area contributed by atoms with Crippen LogP contribution in [-0.2, 0) is 9.05 Å². The van der Waals surface area contributed by atoms with Gasteiger partial charge in [0.15, 0.2) is 0 Å². The van der Waals surface area contributed by atoms with Crippen molar-refractivity contribution >= 4 is 72.0 Å². The molecule has 0 aliphatic carbocycles. The van der Waals surface area contributed by atoms with Crippen molar-refractivity contribution in [3.8, 4) is 34.1 Å². The molecule has 2 atom stereocenters. The minimum atomic E-state index is -2.16. The predicted octanol–water partition coefficient (Wildman–Crippen LogP) is 12.5. The van der Waals surface area contributed by atoms with Crippen LogP contribution in [0.5, 0.6) is 23.0 Å². The second-order valence-corrected chi connectivity index (χ2v) is 14.4. The molecule has 2 unspecified atom stereocenters. The summed E-state index contributed by atoms with van der Waals surface area (Å²) in [4.78, 5) is 13.3. The first-order chi connectivity index (χ1) is 25.6. The number of benzene rings is 8. The molecule has 8 aromatic rings. The van der Waals surface area contributed by atoms with Crippen molar-refractivity contribution in [2.24, 2.45) is 0 Å². The highest BCUT2D eigenvalue weighted by Crippen LogP contribution is 2.57. The summed E-state index contributed by atoms with van der Waals surface area (Å²) in [7, 11) is -4.10. The van der Waals surface area contributed by atoms with Gasteiger partial charge in [0.25, 0.3) is 0 Å². The van der Waals surface area contributed by atoms with Crippen LogP contribution in [0, 0.1) is 0 Å². The number of rotatable bonds is 5. The van der Waals surface area contributed by atoms with E-state index in [4.69, 9.17) is 27.1 Å². The molecule has 0 bridgehead atoms. The first-order valence-electron chi connectivity index (χ1n) is 16.6. The van der Waals surface area contributed by atoms with Crippen LogP contribution in [0.3, 0.4) is 0 Å². The number of hydrogen-bond acceptors (Lipinski definition) is 7. The zero-order valence-corrected chi connectivity index (χ0v) is 29.1. The van der Waals surface area contributed by atoms with E-state index in [9.17, 15) is 4.79 Å². The summed E-state index contributed by atoms with van der Waals surface area (Å²) in [5.41, 5.74) is 2.65. The van der Waals surface area contributed by atoms with Crippen LogP contribution in [0.1, 0.15) is 15.9 Å². The third-order valence-corrected chi connectivity index (χ3v) is 11.3. The zero-order chi connectivity index (χ0) is 34.8. The van der Waals surface area contributed by atoms with Gasteiger partial charge in [0.1, 0.15) is 34.3 Å². The largest absolute Gasteiger partial charge is 0.532 e. The Hall–Kier alpha value is -6.13. The molecule has 9 heteroatoms. The molecular weight excluding hydrogens is 690 g/mol. The van der Waals surface area contributed by atoms with Gasteiger partial charge in [-0.3, -0.25) is 0 Å². The maximum Gasteiger partial charge on any atom is 0.532 e. The number of hydrogen-bond donors (Lipinski definition) is 0. The van der Waals surface area contributed by atoms with Crippen molar-refractivity contribution in [1.82, 2.24) is 0 Å².